The van der Waals surface area contributed by atoms with Crippen LogP contribution in [-0.2, 0) is 6.54 Å². The lowest BCUT2D eigenvalue weighted by molar-refractivity contribution is 0.289. The maximum absolute atomic E-state index is 6.07. The number of nitrogens with zero attached hydrogens (tertiary/aromatic N) is 1. The number of thiophene rings is 1. The van der Waals surface area contributed by atoms with E-state index >= 15 is 0 Å². The number of likely N-dealkylation sites (N-methyl/N-ethyl adjacent to an activating group) is 1. The van der Waals surface area contributed by atoms with E-state index in [0.717, 1.165) is 23.8 Å². The third-order valence-corrected chi connectivity index (χ3v) is 3.59. The maximum atomic E-state index is 6.07. The molecule has 1 aromatic rings. The second-order valence-corrected chi connectivity index (χ2v) is 6.59. The van der Waals surface area contributed by atoms with Gasteiger partial charge in [-0.15, -0.1) is 11.3 Å². The molecule has 2 nitrogen and oxygen atoms in total. The number of hydrogen-bond acceptors (Lipinski definition) is 3. The molecule has 4 heteroatoms. The van der Waals surface area contributed by atoms with Crippen LogP contribution in [0.1, 0.15) is 25.1 Å². The van der Waals surface area contributed by atoms with Gasteiger partial charge in [0.15, 0.2) is 0 Å². The van der Waals surface area contributed by atoms with Gasteiger partial charge in [0.2, 0.25) is 0 Å². The van der Waals surface area contributed by atoms with Crippen molar-refractivity contribution < 1.29 is 0 Å². The van der Waals surface area contributed by atoms with Crippen molar-refractivity contribution in [3.05, 3.63) is 21.3 Å². The van der Waals surface area contributed by atoms with Crippen LogP contribution in [0.2, 0.25) is 4.34 Å². The van der Waals surface area contributed by atoms with E-state index in [0.29, 0.717) is 5.92 Å². The molecule has 0 saturated heterocycles. The van der Waals surface area contributed by atoms with Crippen molar-refractivity contribution >= 4 is 22.9 Å². The molecule has 0 bridgehead atoms. The zero-order valence-corrected chi connectivity index (χ0v) is 11.8. The third-order valence-electron chi connectivity index (χ3n) is 2.37. The second kappa shape index (κ2) is 6.60. The van der Waals surface area contributed by atoms with Gasteiger partial charge in [0, 0.05) is 24.0 Å². The van der Waals surface area contributed by atoms with Gasteiger partial charge in [0.25, 0.3) is 0 Å². The Bertz CT molecular complexity index is 312. The summed E-state index contributed by atoms with van der Waals surface area (Å²) in [4.78, 5) is 3.55. The minimum atomic E-state index is 0.264. The van der Waals surface area contributed by atoms with Crippen molar-refractivity contribution in [3.8, 4) is 0 Å². The van der Waals surface area contributed by atoms with Gasteiger partial charge in [-0.25, -0.2) is 0 Å². The van der Waals surface area contributed by atoms with E-state index in [4.69, 9.17) is 17.3 Å². The van der Waals surface area contributed by atoms with Crippen LogP contribution in [-0.4, -0.2) is 24.5 Å². The number of nitrogens with two attached hydrogens (primary N) is 1. The number of hydrogen-bond donors (Lipinski definition) is 1. The smallest absolute Gasteiger partial charge is 0.0931 e. The lowest BCUT2D eigenvalue weighted by Gasteiger charge is -2.21. The summed E-state index contributed by atoms with van der Waals surface area (Å²) in [5, 5.41) is 0. The van der Waals surface area contributed by atoms with Crippen LogP contribution in [0.4, 0.5) is 0 Å². The zero-order chi connectivity index (χ0) is 12.1. The molecule has 0 aliphatic carbocycles. The topological polar surface area (TPSA) is 29.3 Å². The first kappa shape index (κ1) is 14.0. The standard InChI is InChI=1S/C12H21ClN2S/c1-9(2)6-10(14)7-15(3)8-11-4-5-12(13)16-11/h4-5,9-10H,6-8,14H2,1-3H3. The van der Waals surface area contributed by atoms with E-state index in [-0.39, 0.29) is 6.04 Å². The lowest BCUT2D eigenvalue weighted by atomic mass is 10.0. The molecule has 0 radical (unpaired) electrons. The molecule has 0 aliphatic heterocycles. The highest BCUT2D eigenvalue weighted by Gasteiger charge is 2.10. The molecule has 0 aliphatic rings. The Labute approximate surface area is 107 Å². The average molecular weight is 261 g/mol. The van der Waals surface area contributed by atoms with E-state index < -0.39 is 0 Å². The van der Waals surface area contributed by atoms with Gasteiger partial charge in [-0.3, -0.25) is 4.90 Å². The summed E-state index contributed by atoms with van der Waals surface area (Å²) in [7, 11) is 2.10. The Balaban J connectivity index is 2.32. The quantitative estimate of drug-likeness (QED) is 0.851. The van der Waals surface area contributed by atoms with Crippen LogP contribution in [0.3, 0.4) is 0 Å². The third kappa shape index (κ3) is 5.30. The second-order valence-electron chi connectivity index (χ2n) is 4.79. The molecule has 16 heavy (non-hydrogen) atoms. The van der Waals surface area contributed by atoms with Crippen molar-refractivity contribution in [3.63, 3.8) is 0 Å². The Morgan fingerprint density at radius 1 is 1.44 bits per heavy atom. The molecule has 0 saturated carbocycles. The van der Waals surface area contributed by atoms with Crippen LogP contribution in [0.5, 0.6) is 0 Å². The molecule has 1 rings (SSSR count). The molecular formula is C12H21ClN2S. The summed E-state index contributed by atoms with van der Waals surface area (Å²) in [6, 6.07) is 4.29. The minimum Gasteiger partial charge on any atom is -0.327 e. The fourth-order valence-corrected chi connectivity index (χ4v) is 3.02. The van der Waals surface area contributed by atoms with Crippen LogP contribution in [0.25, 0.3) is 0 Å². The molecular weight excluding hydrogens is 240 g/mol. The fraction of sp³-hybridized carbons (Fsp3) is 0.667. The van der Waals surface area contributed by atoms with E-state index in [9.17, 15) is 0 Å². The summed E-state index contributed by atoms with van der Waals surface area (Å²) in [5.74, 6) is 0.666. The summed E-state index contributed by atoms with van der Waals surface area (Å²) >= 11 is 7.53. The molecule has 1 atom stereocenters. The van der Waals surface area contributed by atoms with Gasteiger partial charge in [-0.1, -0.05) is 25.4 Å². The van der Waals surface area contributed by atoms with Crippen molar-refractivity contribution in [2.45, 2.75) is 32.9 Å². The van der Waals surface area contributed by atoms with Gasteiger partial charge < -0.3 is 5.73 Å². The van der Waals surface area contributed by atoms with Crippen molar-refractivity contribution in [1.82, 2.24) is 4.90 Å². The largest absolute Gasteiger partial charge is 0.327 e. The molecule has 0 amide bonds. The fourth-order valence-electron chi connectivity index (χ4n) is 1.85. The van der Waals surface area contributed by atoms with E-state index in [1.165, 1.54) is 4.88 Å². The van der Waals surface area contributed by atoms with Crippen molar-refractivity contribution in [1.29, 1.82) is 0 Å². The normalized spacial score (nSPS) is 13.7. The molecule has 92 valence electrons. The number of halogens is 1. The Morgan fingerprint density at radius 2 is 2.12 bits per heavy atom. The van der Waals surface area contributed by atoms with E-state index in [1.54, 1.807) is 11.3 Å². The minimum absolute atomic E-state index is 0.264. The van der Waals surface area contributed by atoms with Crippen LogP contribution in [0, 0.1) is 5.92 Å². The van der Waals surface area contributed by atoms with E-state index in [2.05, 4.69) is 31.9 Å². The lowest BCUT2D eigenvalue weighted by Crippen LogP contribution is -2.35. The van der Waals surface area contributed by atoms with Gasteiger partial charge in [-0.2, -0.15) is 0 Å². The predicted octanol–water partition coefficient (Wildman–Crippen LogP) is 3.21. The number of rotatable bonds is 6. The van der Waals surface area contributed by atoms with Gasteiger partial charge in [-0.05, 0) is 31.5 Å². The highest BCUT2D eigenvalue weighted by atomic mass is 35.5. The predicted molar refractivity (Wildman–Crippen MR) is 73.1 cm³/mol. The Hall–Kier alpha value is -0.0900. The van der Waals surface area contributed by atoms with Crippen LogP contribution >= 0.6 is 22.9 Å². The molecule has 0 spiro atoms. The van der Waals surface area contributed by atoms with Crippen LogP contribution < -0.4 is 5.73 Å². The highest BCUT2D eigenvalue weighted by molar-refractivity contribution is 7.16. The SMILES string of the molecule is CC(C)CC(N)CN(C)Cc1ccc(Cl)s1. The molecule has 2 N–H and O–H groups in total. The maximum Gasteiger partial charge on any atom is 0.0931 e. The Kier molecular flexibility index (Phi) is 5.76. The van der Waals surface area contributed by atoms with Gasteiger partial charge in [0.1, 0.15) is 0 Å². The molecule has 1 aromatic heterocycles. The first-order valence-corrected chi connectivity index (χ1v) is 6.85. The average Bonchev–Trinajstić information content (AvgIpc) is 2.48. The highest BCUT2D eigenvalue weighted by Crippen LogP contribution is 2.22. The summed E-state index contributed by atoms with van der Waals surface area (Å²) in [5.41, 5.74) is 6.07. The first-order valence-electron chi connectivity index (χ1n) is 5.65. The summed E-state index contributed by atoms with van der Waals surface area (Å²) < 4.78 is 0.856. The molecule has 1 heterocycles. The Morgan fingerprint density at radius 3 is 2.62 bits per heavy atom. The molecule has 0 aromatic carbocycles. The van der Waals surface area contributed by atoms with Gasteiger partial charge in [0.05, 0.1) is 4.34 Å². The van der Waals surface area contributed by atoms with E-state index in [1.807, 2.05) is 6.07 Å². The summed E-state index contributed by atoms with van der Waals surface area (Å²) in [6.45, 7) is 6.29. The van der Waals surface area contributed by atoms with Crippen molar-refractivity contribution in [2.75, 3.05) is 13.6 Å². The van der Waals surface area contributed by atoms with Crippen LogP contribution in [0.15, 0.2) is 12.1 Å². The first-order chi connectivity index (χ1) is 7.47. The molecule has 0 fully saturated rings. The summed E-state index contributed by atoms with van der Waals surface area (Å²) in [6.07, 6.45) is 1.08. The zero-order valence-electron chi connectivity index (χ0n) is 10.2. The monoisotopic (exact) mass is 260 g/mol. The van der Waals surface area contributed by atoms with Crippen molar-refractivity contribution in [2.24, 2.45) is 11.7 Å². The molecule has 1 unspecified atom stereocenters. The van der Waals surface area contributed by atoms with Gasteiger partial charge >= 0.3 is 0 Å².